The van der Waals surface area contributed by atoms with Gasteiger partial charge in [0, 0.05) is 41.5 Å². The molecule has 0 radical (unpaired) electrons. The first-order chi connectivity index (χ1) is 19.5. The number of benzene rings is 2. The molecule has 1 aliphatic heterocycles. The number of hydrogen-bond donors (Lipinski definition) is 1. The lowest BCUT2D eigenvalue weighted by Crippen LogP contribution is -2.53. The van der Waals surface area contributed by atoms with Crippen molar-refractivity contribution >= 4 is 29.1 Å². The van der Waals surface area contributed by atoms with E-state index in [1.165, 1.54) is 54.8 Å². The minimum atomic E-state index is -2.03. The molecule has 0 fully saturated rings. The number of rotatable bonds is 9. The quantitative estimate of drug-likeness (QED) is 0.414. The van der Waals surface area contributed by atoms with E-state index < -0.39 is 40.7 Å². The van der Waals surface area contributed by atoms with Crippen LogP contribution >= 0.6 is 11.6 Å². The van der Waals surface area contributed by atoms with E-state index in [9.17, 15) is 19.5 Å². The number of Topliss-reactive ketones (excluding diaryl/α,β-unsaturated/α-hetero) is 2. The van der Waals surface area contributed by atoms with Crippen molar-refractivity contribution in [3.05, 3.63) is 45.7 Å². The zero-order chi connectivity index (χ0) is 30.2. The molecule has 0 saturated heterocycles. The summed E-state index contributed by atoms with van der Waals surface area (Å²) in [6, 6.07) is 4.52. The summed E-state index contributed by atoms with van der Waals surface area (Å²) in [5.74, 6) is -3.29. The van der Waals surface area contributed by atoms with E-state index in [-0.39, 0.29) is 57.7 Å². The second kappa shape index (κ2) is 11.4. The lowest BCUT2D eigenvalue weighted by atomic mass is 9.69. The maximum absolute atomic E-state index is 14.2. The molecule has 0 saturated carbocycles. The Labute approximate surface area is 241 Å². The average molecular weight is 591 g/mol. The topological polar surface area (TPSA) is 136 Å². The summed E-state index contributed by atoms with van der Waals surface area (Å²) in [4.78, 5) is 40.5. The van der Waals surface area contributed by atoms with Gasteiger partial charge in [-0.15, -0.1) is 0 Å². The number of carbonyl (C=O) groups excluding carboxylic acids is 3. The predicted molar refractivity (Wildman–Crippen MR) is 146 cm³/mol. The van der Waals surface area contributed by atoms with Crippen molar-refractivity contribution in [2.24, 2.45) is 5.92 Å². The predicted octanol–water partition coefficient (Wildman–Crippen LogP) is 4.46. The zero-order valence-corrected chi connectivity index (χ0v) is 24.5. The van der Waals surface area contributed by atoms with Crippen molar-refractivity contribution in [2.75, 3.05) is 42.7 Å². The Morgan fingerprint density at radius 1 is 0.951 bits per heavy atom. The summed E-state index contributed by atoms with van der Waals surface area (Å²) >= 11 is 6.53. The summed E-state index contributed by atoms with van der Waals surface area (Å²) in [6.45, 7) is 1.61. The summed E-state index contributed by atoms with van der Waals surface area (Å²) in [5.41, 5.74) is -1.93. The van der Waals surface area contributed by atoms with Crippen LogP contribution < -0.4 is 28.4 Å². The van der Waals surface area contributed by atoms with Gasteiger partial charge >= 0.3 is 5.97 Å². The summed E-state index contributed by atoms with van der Waals surface area (Å²) in [5, 5.41) is 11.9. The molecule has 0 amide bonds. The number of aliphatic hydroxyl groups is 1. The minimum Gasteiger partial charge on any atom is -0.507 e. The summed E-state index contributed by atoms with van der Waals surface area (Å²) < 4.78 is 38.3. The van der Waals surface area contributed by atoms with Crippen LogP contribution in [0.4, 0.5) is 0 Å². The highest BCUT2D eigenvalue weighted by molar-refractivity contribution is 6.35. The maximum atomic E-state index is 14.2. The van der Waals surface area contributed by atoms with Crippen LogP contribution in [-0.2, 0) is 14.3 Å². The van der Waals surface area contributed by atoms with Crippen molar-refractivity contribution in [2.45, 2.75) is 31.3 Å². The number of fused-ring (bicyclic) bond motifs is 1. The first-order valence-corrected chi connectivity index (χ1v) is 12.9. The number of carbonyl (C=O) groups is 3. The molecule has 1 N–H and O–H groups in total. The van der Waals surface area contributed by atoms with Gasteiger partial charge < -0.3 is 38.3 Å². The van der Waals surface area contributed by atoms with Crippen LogP contribution in [0.2, 0.25) is 5.02 Å². The van der Waals surface area contributed by atoms with E-state index in [1.807, 2.05) is 0 Å². The minimum absolute atomic E-state index is 0.000328. The second-order valence-electron chi connectivity index (χ2n) is 9.54. The van der Waals surface area contributed by atoms with Gasteiger partial charge in [0.15, 0.2) is 28.8 Å². The molecule has 220 valence electrons. The molecule has 2 aromatic carbocycles. The maximum Gasteiger partial charge on any atom is 0.306 e. The molecule has 2 aliphatic rings. The normalized spacial score (nSPS) is 20.3. The highest BCUT2D eigenvalue weighted by atomic mass is 35.5. The number of methoxy groups -OCH3 is 6. The Kier molecular flexibility index (Phi) is 8.30. The van der Waals surface area contributed by atoms with Crippen LogP contribution in [0, 0.1) is 5.92 Å². The van der Waals surface area contributed by atoms with E-state index in [1.54, 1.807) is 13.0 Å². The number of hydrogen-bond acceptors (Lipinski definition) is 11. The van der Waals surface area contributed by atoms with E-state index in [0.717, 1.165) is 0 Å². The Balaban J connectivity index is 2.01. The number of halogens is 1. The Morgan fingerprint density at radius 3 is 2.07 bits per heavy atom. The van der Waals surface area contributed by atoms with Crippen LogP contribution in [0.15, 0.2) is 29.5 Å². The molecular formula is C29H31ClO11. The Bertz CT molecular complexity index is 1450. The van der Waals surface area contributed by atoms with Crippen LogP contribution in [-0.4, -0.2) is 70.9 Å². The summed E-state index contributed by atoms with van der Waals surface area (Å²) in [7, 11) is 8.24. The second-order valence-corrected chi connectivity index (χ2v) is 9.92. The van der Waals surface area contributed by atoms with Crippen LogP contribution in [0.25, 0.3) is 0 Å². The smallest absolute Gasteiger partial charge is 0.306 e. The van der Waals surface area contributed by atoms with Gasteiger partial charge in [-0.3, -0.25) is 14.4 Å². The fourth-order valence-electron chi connectivity index (χ4n) is 5.48. The van der Waals surface area contributed by atoms with Gasteiger partial charge in [-0.1, -0.05) is 18.5 Å². The van der Waals surface area contributed by atoms with Crippen molar-refractivity contribution in [1.29, 1.82) is 0 Å². The molecule has 0 unspecified atom stereocenters. The van der Waals surface area contributed by atoms with Crippen LogP contribution in [0.1, 0.15) is 41.6 Å². The molecule has 4 rings (SSSR count). The number of aliphatic hydroxyl groups excluding tert-OH is 1. The van der Waals surface area contributed by atoms with Crippen molar-refractivity contribution < 1.29 is 52.6 Å². The molecule has 41 heavy (non-hydrogen) atoms. The van der Waals surface area contributed by atoms with E-state index in [0.29, 0.717) is 11.3 Å². The average Bonchev–Trinajstić information content (AvgIpc) is 3.29. The lowest BCUT2D eigenvalue weighted by Gasteiger charge is -2.38. The van der Waals surface area contributed by atoms with E-state index in [4.69, 9.17) is 44.8 Å². The SMILES string of the molecule is COC(=O)C[C@@H](C1=C(O)[C@@]2(Oc3c(Cl)c(OC)cc(OC)c3C2=O)[C@H](C)CC1=O)c1cc(OC)c(OC)cc1OC. The van der Waals surface area contributed by atoms with Crippen molar-refractivity contribution in [3.63, 3.8) is 0 Å². The number of esters is 1. The molecule has 0 bridgehead atoms. The third-order valence-corrected chi connectivity index (χ3v) is 7.93. The Morgan fingerprint density at radius 2 is 1.51 bits per heavy atom. The first-order valence-electron chi connectivity index (χ1n) is 12.6. The molecule has 3 atom stereocenters. The van der Waals surface area contributed by atoms with Gasteiger partial charge in [0.1, 0.15) is 27.8 Å². The van der Waals surface area contributed by atoms with Gasteiger partial charge in [0.25, 0.3) is 0 Å². The van der Waals surface area contributed by atoms with Crippen molar-refractivity contribution in [1.82, 2.24) is 0 Å². The van der Waals surface area contributed by atoms with Crippen LogP contribution in [0.3, 0.4) is 0 Å². The first kappa shape index (κ1) is 29.9. The lowest BCUT2D eigenvalue weighted by molar-refractivity contribution is -0.140. The number of ether oxygens (including phenoxy) is 7. The molecule has 11 nitrogen and oxygen atoms in total. The summed E-state index contributed by atoms with van der Waals surface area (Å²) in [6.07, 6.45) is -0.569. The highest BCUT2D eigenvalue weighted by Crippen LogP contribution is 2.56. The molecule has 1 aliphatic carbocycles. The molecule has 2 aromatic rings. The molecule has 12 heteroatoms. The third-order valence-electron chi connectivity index (χ3n) is 7.57. The van der Waals surface area contributed by atoms with Gasteiger partial charge in [0.05, 0.1) is 49.1 Å². The van der Waals surface area contributed by atoms with Crippen molar-refractivity contribution in [3.8, 4) is 34.5 Å². The molecular weight excluding hydrogens is 560 g/mol. The largest absolute Gasteiger partial charge is 0.507 e. The number of allylic oxidation sites excluding steroid dienone is 1. The monoisotopic (exact) mass is 590 g/mol. The van der Waals surface area contributed by atoms with E-state index >= 15 is 0 Å². The Hall–Kier alpha value is -4.12. The molecule has 1 spiro atoms. The third kappa shape index (κ3) is 4.57. The standard InChI is InChI=1S/C29H31ClO11/c1-13-8-16(31)23(15(10-22(32)40-7)14-9-18(36-3)19(37-4)11-17(14)35-2)27(33)29(13)28(34)24-20(38-5)12-21(39-6)25(30)26(24)41-29/h9,11-13,15,33H,8,10H2,1-7H3/t13-,15-,29+/m1/s1. The fourth-order valence-corrected chi connectivity index (χ4v) is 5.75. The molecule has 1 heterocycles. The highest BCUT2D eigenvalue weighted by Gasteiger charge is 2.61. The van der Waals surface area contributed by atoms with Gasteiger partial charge in [-0.25, -0.2) is 0 Å². The van der Waals surface area contributed by atoms with E-state index in [2.05, 4.69) is 0 Å². The van der Waals surface area contributed by atoms with Crippen LogP contribution in [0.5, 0.6) is 34.5 Å². The van der Waals surface area contributed by atoms with Gasteiger partial charge in [-0.05, 0) is 6.07 Å². The zero-order valence-electron chi connectivity index (χ0n) is 23.7. The fraction of sp³-hybridized carbons (Fsp3) is 0.414. The van der Waals surface area contributed by atoms with Gasteiger partial charge in [0.2, 0.25) is 11.4 Å². The van der Waals surface area contributed by atoms with Gasteiger partial charge in [-0.2, -0.15) is 0 Å². The number of ketones is 2. The molecule has 0 aromatic heterocycles.